The highest BCUT2D eigenvalue weighted by molar-refractivity contribution is 9.10. The third-order valence-corrected chi connectivity index (χ3v) is 4.22. The lowest BCUT2D eigenvalue weighted by molar-refractivity contribution is -0.384. The van der Waals surface area contributed by atoms with Gasteiger partial charge in [0.05, 0.1) is 36.5 Å². The van der Waals surface area contributed by atoms with Crippen molar-refractivity contribution in [2.45, 2.75) is 6.92 Å². The smallest absolute Gasteiger partial charge is 0.273 e. The molecule has 0 aliphatic heterocycles. The molecular formula is C17H16BrN3O5S. The lowest BCUT2D eigenvalue weighted by Gasteiger charge is -2.15. The molecule has 10 heteroatoms. The molecule has 0 saturated heterocycles. The number of rotatable bonds is 5. The molecule has 0 saturated carbocycles. The Labute approximate surface area is 169 Å². The first-order chi connectivity index (χ1) is 12.8. The molecule has 27 heavy (non-hydrogen) atoms. The summed E-state index contributed by atoms with van der Waals surface area (Å²) in [5, 5.41) is 16.2. The molecule has 2 aromatic rings. The van der Waals surface area contributed by atoms with Crippen LogP contribution in [0.15, 0.2) is 34.8 Å². The number of carbonyl (C=O) groups excluding carboxylic acids is 1. The maximum atomic E-state index is 12.6. The first kappa shape index (κ1) is 20.6. The summed E-state index contributed by atoms with van der Waals surface area (Å²) in [6.45, 7) is 1.82. The van der Waals surface area contributed by atoms with Crippen LogP contribution in [0.4, 0.5) is 11.4 Å². The Morgan fingerprint density at radius 2 is 1.93 bits per heavy atom. The van der Waals surface area contributed by atoms with Gasteiger partial charge in [-0.1, -0.05) is 15.9 Å². The molecular weight excluding hydrogens is 438 g/mol. The molecule has 0 radical (unpaired) electrons. The molecule has 1 amide bonds. The summed E-state index contributed by atoms with van der Waals surface area (Å²) in [7, 11) is 2.85. The molecule has 2 N–H and O–H groups in total. The van der Waals surface area contributed by atoms with Crippen LogP contribution in [0.1, 0.15) is 15.9 Å². The summed E-state index contributed by atoms with van der Waals surface area (Å²) in [4.78, 5) is 22.9. The maximum Gasteiger partial charge on any atom is 0.273 e. The van der Waals surface area contributed by atoms with Crippen molar-refractivity contribution in [3.8, 4) is 11.5 Å². The normalized spacial score (nSPS) is 10.1. The van der Waals surface area contributed by atoms with Crippen molar-refractivity contribution in [1.82, 2.24) is 5.32 Å². The van der Waals surface area contributed by atoms with Crippen LogP contribution in [-0.4, -0.2) is 30.2 Å². The summed E-state index contributed by atoms with van der Waals surface area (Å²) in [6.07, 6.45) is 0. The molecule has 0 heterocycles. The molecule has 142 valence electrons. The predicted molar refractivity (Wildman–Crippen MR) is 109 cm³/mol. The van der Waals surface area contributed by atoms with E-state index in [4.69, 9.17) is 21.7 Å². The summed E-state index contributed by atoms with van der Waals surface area (Å²) in [6, 6.07) is 7.45. The summed E-state index contributed by atoms with van der Waals surface area (Å²) >= 11 is 8.51. The quantitative estimate of drug-likeness (QED) is 0.402. The molecule has 2 aromatic carbocycles. The highest BCUT2D eigenvalue weighted by Gasteiger charge is 2.18. The number of nitrogens with zero attached hydrogens (tertiary/aromatic N) is 1. The fraction of sp³-hybridized carbons (Fsp3) is 0.176. The van der Waals surface area contributed by atoms with E-state index in [2.05, 4.69) is 26.6 Å². The van der Waals surface area contributed by atoms with Gasteiger partial charge in [0.25, 0.3) is 11.6 Å². The monoisotopic (exact) mass is 453 g/mol. The van der Waals surface area contributed by atoms with Gasteiger partial charge in [0, 0.05) is 10.5 Å². The Kier molecular flexibility index (Phi) is 6.70. The van der Waals surface area contributed by atoms with Crippen LogP contribution in [-0.2, 0) is 0 Å². The first-order valence-electron chi connectivity index (χ1n) is 7.55. The van der Waals surface area contributed by atoms with E-state index in [1.54, 1.807) is 6.07 Å². The number of amides is 1. The van der Waals surface area contributed by atoms with E-state index < -0.39 is 10.8 Å². The average Bonchev–Trinajstić information content (AvgIpc) is 2.61. The highest BCUT2D eigenvalue weighted by atomic mass is 79.9. The zero-order valence-corrected chi connectivity index (χ0v) is 17.1. The number of hydrogen-bond acceptors (Lipinski definition) is 6. The zero-order valence-electron chi connectivity index (χ0n) is 14.7. The van der Waals surface area contributed by atoms with Gasteiger partial charge in [-0.3, -0.25) is 20.2 Å². The Balaban J connectivity index is 2.19. The predicted octanol–water partition coefficient (Wildman–Crippen LogP) is 3.81. The summed E-state index contributed by atoms with van der Waals surface area (Å²) < 4.78 is 11.1. The minimum Gasteiger partial charge on any atom is -0.496 e. The molecule has 0 fully saturated rings. The van der Waals surface area contributed by atoms with Crippen molar-refractivity contribution in [3.63, 3.8) is 0 Å². The van der Waals surface area contributed by atoms with Crippen LogP contribution in [0.25, 0.3) is 0 Å². The van der Waals surface area contributed by atoms with Gasteiger partial charge in [0.2, 0.25) is 0 Å². The number of anilines is 1. The SMILES string of the molecule is COc1cc([N+](=O)[O-])ccc1NC(=S)NC(=O)c1cc(Br)cc(C)c1OC. The van der Waals surface area contributed by atoms with Gasteiger partial charge in [-0.05, 0) is 42.9 Å². The minimum atomic E-state index is -0.533. The molecule has 0 bridgehead atoms. The van der Waals surface area contributed by atoms with E-state index in [-0.39, 0.29) is 16.5 Å². The van der Waals surface area contributed by atoms with E-state index in [1.165, 1.54) is 32.4 Å². The number of thiocarbonyl (C=S) groups is 1. The van der Waals surface area contributed by atoms with E-state index in [0.29, 0.717) is 17.0 Å². The number of methoxy groups -OCH3 is 2. The highest BCUT2D eigenvalue weighted by Crippen LogP contribution is 2.30. The van der Waals surface area contributed by atoms with E-state index in [9.17, 15) is 14.9 Å². The Morgan fingerprint density at radius 1 is 1.22 bits per heavy atom. The number of nitro benzene ring substituents is 1. The van der Waals surface area contributed by atoms with Crippen LogP contribution in [0.5, 0.6) is 11.5 Å². The van der Waals surface area contributed by atoms with E-state index >= 15 is 0 Å². The zero-order chi connectivity index (χ0) is 20.1. The fourth-order valence-corrected chi connectivity index (χ4v) is 3.17. The van der Waals surface area contributed by atoms with Gasteiger partial charge in [0.15, 0.2) is 5.11 Å². The minimum absolute atomic E-state index is 0.00633. The Morgan fingerprint density at radius 3 is 2.52 bits per heavy atom. The number of carbonyl (C=O) groups is 1. The second-order valence-corrected chi connectivity index (χ2v) is 6.68. The molecule has 0 spiro atoms. The molecule has 0 atom stereocenters. The molecule has 0 aliphatic rings. The van der Waals surface area contributed by atoms with Crippen LogP contribution in [0.2, 0.25) is 0 Å². The van der Waals surface area contributed by atoms with Crippen molar-refractivity contribution in [2.75, 3.05) is 19.5 Å². The lowest BCUT2D eigenvalue weighted by atomic mass is 10.1. The lowest BCUT2D eigenvalue weighted by Crippen LogP contribution is -2.34. The first-order valence-corrected chi connectivity index (χ1v) is 8.75. The molecule has 0 unspecified atom stereocenters. The van der Waals surface area contributed by atoms with Crippen molar-refractivity contribution < 1.29 is 19.2 Å². The standard InChI is InChI=1S/C17H16BrN3O5S/c1-9-6-10(18)7-12(15(9)26-3)16(22)20-17(27)19-13-5-4-11(21(23)24)8-14(13)25-2/h4-8H,1-3H3,(H2,19,20,22,27). The Hall–Kier alpha value is -2.72. The van der Waals surface area contributed by atoms with Gasteiger partial charge in [-0.2, -0.15) is 0 Å². The van der Waals surface area contributed by atoms with Gasteiger partial charge in [0.1, 0.15) is 11.5 Å². The van der Waals surface area contributed by atoms with Crippen molar-refractivity contribution in [1.29, 1.82) is 0 Å². The van der Waals surface area contributed by atoms with Crippen LogP contribution in [0, 0.1) is 17.0 Å². The van der Waals surface area contributed by atoms with Gasteiger partial charge in [-0.25, -0.2) is 0 Å². The van der Waals surface area contributed by atoms with Gasteiger partial charge < -0.3 is 14.8 Å². The fourth-order valence-electron chi connectivity index (χ4n) is 2.39. The van der Waals surface area contributed by atoms with Crippen LogP contribution < -0.4 is 20.1 Å². The van der Waals surface area contributed by atoms with Gasteiger partial charge in [-0.15, -0.1) is 0 Å². The molecule has 2 rings (SSSR count). The number of aryl methyl sites for hydroxylation is 1. The van der Waals surface area contributed by atoms with Crippen molar-refractivity contribution in [2.24, 2.45) is 0 Å². The third-order valence-electron chi connectivity index (χ3n) is 3.56. The number of nitro groups is 1. The number of halogens is 1. The number of ether oxygens (including phenoxy) is 2. The topological polar surface area (TPSA) is 103 Å². The molecule has 8 nitrogen and oxygen atoms in total. The third kappa shape index (κ3) is 4.92. The number of benzene rings is 2. The molecule has 0 aliphatic carbocycles. The number of hydrogen-bond donors (Lipinski definition) is 2. The summed E-state index contributed by atoms with van der Waals surface area (Å²) in [5.74, 6) is 0.192. The number of non-ortho nitro benzene ring substituents is 1. The van der Waals surface area contributed by atoms with E-state index in [0.717, 1.165) is 10.0 Å². The maximum absolute atomic E-state index is 12.6. The molecule has 0 aromatic heterocycles. The average molecular weight is 454 g/mol. The summed E-state index contributed by atoms with van der Waals surface area (Å²) in [5.41, 5.74) is 1.35. The van der Waals surface area contributed by atoms with Crippen molar-refractivity contribution >= 4 is 50.5 Å². The van der Waals surface area contributed by atoms with Crippen LogP contribution in [0.3, 0.4) is 0 Å². The van der Waals surface area contributed by atoms with Gasteiger partial charge >= 0.3 is 0 Å². The Bertz CT molecular complexity index is 920. The second-order valence-electron chi connectivity index (χ2n) is 5.35. The van der Waals surface area contributed by atoms with E-state index in [1.807, 2.05) is 13.0 Å². The largest absolute Gasteiger partial charge is 0.496 e. The van der Waals surface area contributed by atoms with Crippen molar-refractivity contribution in [3.05, 3.63) is 56.0 Å². The number of nitrogens with one attached hydrogen (secondary N) is 2. The second kappa shape index (κ2) is 8.78. The van der Waals surface area contributed by atoms with Crippen LogP contribution >= 0.6 is 28.1 Å².